The third-order valence-electron chi connectivity index (χ3n) is 1.71. The average molecular weight is 242 g/mol. The van der Waals surface area contributed by atoms with E-state index in [9.17, 15) is 12.9 Å². The number of halogens is 3. The van der Waals surface area contributed by atoms with Gasteiger partial charge in [0.25, 0.3) is 0 Å². The zero-order valence-electron chi connectivity index (χ0n) is 9.04. The van der Waals surface area contributed by atoms with Crippen molar-refractivity contribution in [2.24, 2.45) is 0 Å². The molecule has 78 valence electrons. The molecule has 15 heavy (non-hydrogen) atoms. The van der Waals surface area contributed by atoms with Crippen molar-refractivity contribution in [3.05, 3.63) is 23.8 Å². The van der Waals surface area contributed by atoms with Crippen LogP contribution in [0.25, 0.3) is 0 Å². The summed E-state index contributed by atoms with van der Waals surface area (Å²) >= 11 is 0. The molecule has 0 bridgehead atoms. The van der Waals surface area contributed by atoms with E-state index in [1.807, 2.05) is 13.8 Å². The first-order chi connectivity index (χ1) is 6.38. The normalized spacial score (nSPS) is 11.3. The minimum Gasteiger partial charge on any atom is -0.449 e. The molecule has 0 unspecified atom stereocenters. The summed E-state index contributed by atoms with van der Waals surface area (Å²) in [5, 5.41) is 0. The molecular weight excluding hydrogens is 231 g/mol. The molecule has 7 heteroatoms. The van der Waals surface area contributed by atoms with Crippen LogP contribution in [0.4, 0.5) is 12.9 Å². The van der Waals surface area contributed by atoms with Crippen molar-refractivity contribution in [3.8, 4) is 0 Å². The van der Waals surface area contributed by atoms with E-state index in [1.165, 1.54) is 12.4 Å². The van der Waals surface area contributed by atoms with Crippen molar-refractivity contribution in [1.82, 2.24) is 9.97 Å². The van der Waals surface area contributed by atoms with E-state index in [2.05, 4.69) is 9.97 Å². The van der Waals surface area contributed by atoms with Crippen LogP contribution in [-0.4, -0.2) is 16.9 Å². The molecule has 1 heterocycles. The quantitative estimate of drug-likeness (QED) is 0.670. The van der Waals surface area contributed by atoms with E-state index in [0.29, 0.717) is 5.82 Å². The molecule has 0 spiro atoms. The molecule has 0 aliphatic heterocycles. The third-order valence-corrected chi connectivity index (χ3v) is 1.71. The first-order valence-corrected chi connectivity index (χ1v) is 4.40. The molecule has 2 nitrogen and oxygen atoms in total. The van der Waals surface area contributed by atoms with E-state index in [-0.39, 0.29) is 62.9 Å². The molecule has 0 aromatic carbocycles. The monoisotopic (exact) mass is 242 g/mol. The standard InChI is InChI=1S/C8H11BF3N2.K/c1-6(2)8-13-4-7(5-14-8)3-9(10,11)12;/h4-6H,3H2,1-2H3;/q-1;+1. The van der Waals surface area contributed by atoms with Gasteiger partial charge in [0.15, 0.2) is 0 Å². The van der Waals surface area contributed by atoms with Gasteiger partial charge in [-0.25, -0.2) is 9.97 Å². The Kier molecular flexibility index (Phi) is 6.58. The Morgan fingerprint density at radius 1 is 1.20 bits per heavy atom. The van der Waals surface area contributed by atoms with Gasteiger partial charge in [0.05, 0.1) is 0 Å². The summed E-state index contributed by atoms with van der Waals surface area (Å²) in [6.07, 6.45) is 1.59. The van der Waals surface area contributed by atoms with Gasteiger partial charge in [0.2, 0.25) is 0 Å². The van der Waals surface area contributed by atoms with Crippen molar-refractivity contribution in [3.63, 3.8) is 0 Å². The Balaban J connectivity index is 0.00000196. The molecule has 1 rings (SSSR count). The van der Waals surface area contributed by atoms with Gasteiger partial charge in [-0.3, -0.25) is 0 Å². The summed E-state index contributed by atoms with van der Waals surface area (Å²) in [5.74, 6) is 0.712. The van der Waals surface area contributed by atoms with Gasteiger partial charge in [-0.1, -0.05) is 20.2 Å². The van der Waals surface area contributed by atoms with Crippen LogP contribution in [0.2, 0.25) is 0 Å². The van der Waals surface area contributed by atoms with Crippen molar-refractivity contribution in [2.75, 3.05) is 0 Å². The molecule has 0 N–H and O–H groups in total. The van der Waals surface area contributed by atoms with E-state index >= 15 is 0 Å². The predicted molar refractivity (Wildman–Crippen MR) is 48.9 cm³/mol. The summed E-state index contributed by atoms with van der Waals surface area (Å²) in [7, 11) is 0. The van der Waals surface area contributed by atoms with Crippen LogP contribution in [0.5, 0.6) is 0 Å². The van der Waals surface area contributed by atoms with Gasteiger partial charge in [0, 0.05) is 18.3 Å². The number of aromatic nitrogens is 2. The van der Waals surface area contributed by atoms with Crippen molar-refractivity contribution in [1.29, 1.82) is 0 Å². The van der Waals surface area contributed by atoms with Gasteiger partial charge in [0.1, 0.15) is 5.82 Å². The molecule has 1 aromatic rings. The van der Waals surface area contributed by atoms with Crippen LogP contribution in [-0.2, 0) is 6.32 Å². The summed E-state index contributed by atoms with van der Waals surface area (Å²) in [4.78, 5) is 7.72. The summed E-state index contributed by atoms with van der Waals surface area (Å²) in [5.41, 5.74) is 0.127. The van der Waals surface area contributed by atoms with Gasteiger partial charge < -0.3 is 12.9 Å². The van der Waals surface area contributed by atoms with Crippen LogP contribution >= 0.6 is 0 Å². The van der Waals surface area contributed by atoms with Gasteiger partial charge >= 0.3 is 58.4 Å². The SMILES string of the molecule is CC(C)c1ncc(C[B-](F)(F)F)cn1.[K+]. The second-order valence-corrected chi connectivity index (χ2v) is 3.52. The third kappa shape index (κ3) is 6.01. The van der Waals surface area contributed by atoms with Crippen molar-refractivity contribution < 1.29 is 64.3 Å². The maximum absolute atomic E-state index is 12.0. The Labute approximate surface area is 130 Å². The maximum Gasteiger partial charge on any atom is 1.00 e. The van der Waals surface area contributed by atoms with Crippen molar-refractivity contribution in [2.45, 2.75) is 26.1 Å². The zero-order chi connectivity index (χ0) is 10.8. The Bertz CT molecular complexity index is 300. The summed E-state index contributed by atoms with van der Waals surface area (Å²) in [6.45, 7) is -1.01. The van der Waals surface area contributed by atoms with Crippen LogP contribution in [0.1, 0.15) is 31.2 Å². The minimum absolute atomic E-state index is 0. The fraction of sp³-hybridized carbons (Fsp3) is 0.500. The van der Waals surface area contributed by atoms with Gasteiger partial charge in [-0.05, 0) is 5.56 Å². The Morgan fingerprint density at radius 2 is 1.67 bits per heavy atom. The molecule has 0 atom stereocenters. The summed E-state index contributed by atoms with van der Waals surface area (Å²) in [6, 6.07) is 0. The van der Waals surface area contributed by atoms with Crippen LogP contribution < -0.4 is 51.4 Å². The molecular formula is C8H11BF3KN2. The first kappa shape index (κ1) is 15.6. The van der Waals surface area contributed by atoms with E-state index in [1.54, 1.807) is 0 Å². The Morgan fingerprint density at radius 3 is 2.00 bits per heavy atom. The van der Waals surface area contributed by atoms with Crippen LogP contribution in [0, 0.1) is 0 Å². The molecule has 0 saturated heterocycles. The fourth-order valence-corrected chi connectivity index (χ4v) is 1.04. The largest absolute Gasteiger partial charge is 1.00 e. The van der Waals surface area contributed by atoms with E-state index in [0.717, 1.165) is 0 Å². The molecule has 0 aliphatic rings. The molecule has 0 fully saturated rings. The maximum atomic E-state index is 12.0. The Hall–Kier alpha value is 0.571. The van der Waals surface area contributed by atoms with E-state index < -0.39 is 13.3 Å². The average Bonchev–Trinajstić information content (AvgIpc) is 2.02. The number of nitrogens with zero attached hydrogens (tertiary/aromatic N) is 2. The fourth-order valence-electron chi connectivity index (χ4n) is 1.04. The minimum atomic E-state index is -4.79. The molecule has 0 radical (unpaired) electrons. The topological polar surface area (TPSA) is 25.8 Å². The van der Waals surface area contributed by atoms with Crippen molar-refractivity contribution >= 4 is 6.98 Å². The first-order valence-electron chi connectivity index (χ1n) is 4.40. The second kappa shape index (κ2) is 6.34. The van der Waals surface area contributed by atoms with E-state index in [4.69, 9.17) is 0 Å². The molecule has 1 aromatic heterocycles. The van der Waals surface area contributed by atoms with Gasteiger partial charge in [-0.15, -0.1) is 0 Å². The number of hydrogen-bond acceptors (Lipinski definition) is 2. The van der Waals surface area contributed by atoms with Crippen LogP contribution in [0.3, 0.4) is 0 Å². The molecule has 0 saturated carbocycles. The zero-order valence-corrected chi connectivity index (χ0v) is 12.2. The summed E-state index contributed by atoms with van der Waals surface area (Å²) < 4.78 is 36.0. The molecule has 0 amide bonds. The smallest absolute Gasteiger partial charge is 0.449 e. The van der Waals surface area contributed by atoms with Crippen LogP contribution in [0.15, 0.2) is 12.4 Å². The number of rotatable bonds is 3. The van der Waals surface area contributed by atoms with Gasteiger partial charge in [-0.2, -0.15) is 0 Å². The number of hydrogen-bond donors (Lipinski definition) is 0. The predicted octanol–water partition coefficient (Wildman–Crippen LogP) is -0.467. The second-order valence-electron chi connectivity index (χ2n) is 3.52. The molecule has 0 aliphatic carbocycles.